The number of aliphatic hydroxyl groups is 4. The Morgan fingerprint density at radius 2 is 1.59 bits per heavy atom. The second-order valence-corrected chi connectivity index (χ2v) is 15.9. The zero-order valence-corrected chi connectivity index (χ0v) is 26.8. The molecule has 15 atom stereocenters. The highest BCUT2D eigenvalue weighted by Gasteiger charge is 2.59. The van der Waals surface area contributed by atoms with E-state index in [4.69, 9.17) is 9.47 Å². The van der Waals surface area contributed by atoms with E-state index in [1.54, 1.807) is 5.57 Å². The van der Waals surface area contributed by atoms with Gasteiger partial charge in [0.15, 0.2) is 6.29 Å². The molecule has 236 valence electrons. The first-order valence-corrected chi connectivity index (χ1v) is 17.0. The van der Waals surface area contributed by atoms with E-state index in [9.17, 15) is 20.4 Å². The van der Waals surface area contributed by atoms with Gasteiger partial charge in [-0.3, -0.25) is 0 Å². The van der Waals surface area contributed by atoms with Gasteiger partial charge in [0.1, 0.15) is 24.4 Å². The molecule has 1 aliphatic heterocycles. The molecule has 6 nitrogen and oxygen atoms in total. The van der Waals surface area contributed by atoms with E-state index in [0.717, 1.165) is 48.9 Å². The number of hydrogen-bond donors (Lipinski definition) is 4. The van der Waals surface area contributed by atoms with Gasteiger partial charge in [-0.1, -0.05) is 73.0 Å². The van der Waals surface area contributed by atoms with E-state index in [0.29, 0.717) is 17.3 Å². The van der Waals surface area contributed by atoms with E-state index in [1.807, 2.05) is 0 Å². The molecule has 3 saturated carbocycles. The van der Waals surface area contributed by atoms with Gasteiger partial charge in [-0.05, 0) is 103 Å². The van der Waals surface area contributed by atoms with Gasteiger partial charge in [0.05, 0.1) is 12.7 Å². The van der Waals surface area contributed by atoms with Crippen LogP contribution in [-0.4, -0.2) is 63.8 Å². The van der Waals surface area contributed by atoms with Crippen molar-refractivity contribution < 1.29 is 29.9 Å². The zero-order valence-electron chi connectivity index (χ0n) is 26.8. The van der Waals surface area contributed by atoms with Crippen molar-refractivity contribution in [2.45, 2.75) is 143 Å². The first-order valence-electron chi connectivity index (χ1n) is 17.0. The smallest absolute Gasteiger partial charge is 0.186 e. The molecule has 1 saturated heterocycles. The molecular formula is C35H60O6. The first kappa shape index (κ1) is 31.9. The summed E-state index contributed by atoms with van der Waals surface area (Å²) in [7, 11) is 0. The van der Waals surface area contributed by atoms with Gasteiger partial charge < -0.3 is 29.9 Å². The molecule has 0 spiro atoms. The summed E-state index contributed by atoms with van der Waals surface area (Å²) in [5.41, 5.74) is 2.46. The quantitative estimate of drug-likeness (QED) is 0.277. The molecule has 0 radical (unpaired) electrons. The van der Waals surface area contributed by atoms with Gasteiger partial charge in [-0.15, -0.1) is 0 Å². The summed E-state index contributed by atoms with van der Waals surface area (Å²) in [5.74, 6) is 5.36. The van der Waals surface area contributed by atoms with Crippen molar-refractivity contribution in [3.05, 3.63) is 11.6 Å². The molecule has 4 fully saturated rings. The predicted molar refractivity (Wildman–Crippen MR) is 161 cm³/mol. The van der Waals surface area contributed by atoms with Crippen LogP contribution in [0.5, 0.6) is 0 Å². The lowest BCUT2D eigenvalue weighted by Crippen LogP contribution is -2.60. The molecule has 5 rings (SSSR count). The number of allylic oxidation sites excluding steroid dienone is 2. The van der Waals surface area contributed by atoms with Crippen LogP contribution in [0.3, 0.4) is 0 Å². The largest absolute Gasteiger partial charge is 0.394 e. The number of aliphatic hydroxyl groups excluding tert-OH is 4. The Bertz CT molecular complexity index is 934. The zero-order chi connectivity index (χ0) is 29.9. The first-order chi connectivity index (χ1) is 19.3. The van der Waals surface area contributed by atoms with Crippen LogP contribution >= 0.6 is 0 Å². The van der Waals surface area contributed by atoms with E-state index in [-0.39, 0.29) is 17.4 Å². The minimum atomic E-state index is -1.40. The van der Waals surface area contributed by atoms with Crippen molar-refractivity contribution in [2.24, 2.45) is 58.2 Å². The van der Waals surface area contributed by atoms with Crippen LogP contribution in [0.2, 0.25) is 0 Å². The maximum atomic E-state index is 10.6. The summed E-state index contributed by atoms with van der Waals surface area (Å²) in [6.07, 6.45) is 7.61. The van der Waals surface area contributed by atoms with Gasteiger partial charge in [-0.25, -0.2) is 0 Å². The van der Waals surface area contributed by atoms with Crippen LogP contribution in [0.15, 0.2) is 11.6 Å². The van der Waals surface area contributed by atoms with Gasteiger partial charge in [0, 0.05) is 0 Å². The highest BCUT2D eigenvalue weighted by Crippen LogP contribution is 2.67. The van der Waals surface area contributed by atoms with Crippen LogP contribution in [0.1, 0.15) is 106 Å². The van der Waals surface area contributed by atoms with Crippen LogP contribution in [0.4, 0.5) is 0 Å². The minimum absolute atomic E-state index is 0.0942. The van der Waals surface area contributed by atoms with Gasteiger partial charge in [-0.2, -0.15) is 0 Å². The summed E-state index contributed by atoms with van der Waals surface area (Å²) in [5, 5.41) is 40.6. The molecule has 1 heterocycles. The lowest BCUT2D eigenvalue weighted by molar-refractivity contribution is -0.320. The Labute approximate surface area is 249 Å². The molecule has 0 aromatic carbocycles. The summed E-state index contributed by atoms with van der Waals surface area (Å²) in [6, 6.07) is 0. The van der Waals surface area contributed by atoms with Crippen LogP contribution in [0.25, 0.3) is 0 Å². The highest BCUT2D eigenvalue weighted by molar-refractivity contribution is 5.28. The van der Waals surface area contributed by atoms with Gasteiger partial charge in [0.2, 0.25) is 0 Å². The average Bonchev–Trinajstić information content (AvgIpc) is 3.30. The highest BCUT2D eigenvalue weighted by atomic mass is 16.7. The second kappa shape index (κ2) is 12.1. The third-order valence-corrected chi connectivity index (χ3v) is 13.7. The fourth-order valence-corrected chi connectivity index (χ4v) is 10.5. The van der Waals surface area contributed by atoms with Crippen molar-refractivity contribution >= 4 is 0 Å². The van der Waals surface area contributed by atoms with Crippen molar-refractivity contribution in [1.82, 2.24) is 0 Å². The van der Waals surface area contributed by atoms with E-state index < -0.39 is 37.3 Å². The summed E-state index contributed by atoms with van der Waals surface area (Å²) in [4.78, 5) is 0. The Hall–Kier alpha value is -0.500. The van der Waals surface area contributed by atoms with E-state index >= 15 is 0 Å². The molecule has 6 heteroatoms. The maximum absolute atomic E-state index is 10.6. The second-order valence-electron chi connectivity index (χ2n) is 15.9. The van der Waals surface area contributed by atoms with E-state index in [1.165, 1.54) is 38.5 Å². The molecule has 5 aliphatic rings. The number of ether oxygens (including phenoxy) is 2. The molecule has 41 heavy (non-hydrogen) atoms. The van der Waals surface area contributed by atoms with E-state index in [2.05, 4.69) is 54.5 Å². The third-order valence-electron chi connectivity index (χ3n) is 13.7. The summed E-state index contributed by atoms with van der Waals surface area (Å²) in [6.45, 7) is 16.7. The molecule has 0 aromatic heterocycles. The number of fused-ring (bicyclic) bond motifs is 5. The number of rotatable bonds is 8. The molecule has 0 bridgehead atoms. The Balaban J connectivity index is 1.27. The molecule has 0 amide bonds. The number of hydrogen-bond acceptors (Lipinski definition) is 6. The molecule has 0 aromatic rings. The lowest BCUT2D eigenvalue weighted by atomic mass is 9.46. The summed E-state index contributed by atoms with van der Waals surface area (Å²) >= 11 is 0. The molecule has 4 aliphatic carbocycles. The van der Waals surface area contributed by atoms with Crippen molar-refractivity contribution in [2.75, 3.05) is 6.61 Å². The average molecular weight is 577 g/mol. The fourth-order valence-electron chi connectivity index (χ4n) is 10.5. The van der Waals surface area contributed by atoms with Crippen LogP contribution < -0.4 is 0 Å². The van der Waals surface area contributed by atoms with Crippen molar-refractivity contribution in [1.29, 1.82) is 0 Å². The lowest BCUT2D eigenvalue weighted by Gasteiger charge is -2.60. The normalized spacial score (nSPS) is 49.6. The summed E-state index contributed by atoms with van der Waals surface area (Å²) < 4.78 is 12.1. The Morgan fingerprint density at radius 3 is 2.27 bits per heavy atom. The third kappa shape index (κ3) is 5.50. The fraction of sp³-hybridized carbons (Fsp3) is 0.943. The van der Waals surface area contributed by atoms with Gasteiger partial charge in [0.25, 0.3) is 0 Å². The Kier molecular flexibility index (Phi) is 9.43. The standard InChI is InChI=1S/C35H60O6/c1-19(2)20(3)8-9-21(4)24-12-13-26-23-10-11-25-22(5)28(15-17-35(25,7)27(23)14-16-34(24,26)6)40-33-32(39)31(38)30(37)29(18-36)41-33/h10,19-22,24-33,36-39H,8-9,11-18H2,1-7H3/t20-,21+,22+,24+,25+,26-,27-,28+,29+,30+,31-,32+,33+,34+,35-/m0/s1. The predicted octanol–water partition coefficient (Wildman–Crippen LogP) is 5.70. The van der Waals surface area contributed by atoms with Crippen molar-refractivity contribution in [3.63, 3.8) is 0 Å². The molecule has 0 unspecified atom stereocenters. The maximum Gasteiger partial charge on any atom is 0.186 e. The Morgan fingerprint density at radius 1 is 0.902 bits per heavy atom. The van der Waals surface area contributed by atoms with Gasteiger partial charge >= 0.3 is 0 Å². The van der Waals surface area contributed by atoms with Crippen LogP contribution in [-0.2, 0) is 9.47 Å². The topological polar surface area (TPSA) is 99.4 Å². The molecule has 4 N–H and O–H groups in total. The van der Waals surface area contributed by atoms with Crippen LogP contribution in [0, 0.1) is 58.2 Å². The SMILES string of the molecule is CC(C)[C@@H](C)CC[C@@H](C)[C@H]1CC[C@H]2C3=CC[C@@H]4[C@@H](C)[C@H](O[C@@H]5O[C@H](CO)[C@@H](O)[C@H](O)[C@H]5O)CC[C@]4(C)[C@H]3CC[C@]12C. The monoisotopic (exact) mass is 576 g/mol. The minimum Gasteiger partial charge on any atom is -0.394 e. The molecular weight excluding hydrogens is 516 g/mol. The van der Waals surface area contributed by atoms with Crippen molar-refractivity contribution in [3.8, 4) is 0 Å².